The largest absolute Gasteiger partial charge is 0.324 e. The standard InChI is InChI=1S/C18H27N3O/c1-13-8-14(2)17(15(3)9-13)20-16(22)10-21-7-5-18(12-21)4-6-19-11-18/h8-9,19H,4-7,10-12H2,1-3H3,(H,20,22). The first-order valence-electron chi connectivity index (χ1n) is 8.28. The minimum atomic E-state index is 0.109. The highest BCUT2D eigenvalue weighted by Crippen LogP contribution is 2.35. The molecule has 2 N–H and O–H groups in total. The molecule has 22 heavy (non-hydrogen) atoms. The number of benzene rings is 1. The Hall–Kier alpha value is -1.39. The third-order valence-corrected chi connectivity index (χ3v) is 5.16. The maximum Gasteiger partial charge on any atom is 0.238 e. The molecule has 1 spiro atoms. The van der Waals surface area contributed by atoms with Crippen molar-refractivity contribution in [3.63, 3.8) is 0 Å². The van der Waals surface area contributed by atoms with Crippen LogP contribution < -0.4 is 10.6 Å². The molecule has 2 saturated heterocycles. The number of rotatable bonds is 3. The summed E-state index contributed by atoms with van der Waals surface area (Å²) in [6.45, 7) is 11.1. The maximum absolute atomic E-state index is 12.4. The first-order chi connectivity index (χ1) is 10.5. The number of hydrogen-bond acceptors (Lipinski definition) is 3. The van der Waals surface area contributed by atoms with Crippen LogP contribution in [0.3, 0.4) is 0 Å². The summed E-state index contributed by atoms with van der Waals surface area (Å²) in [4.78, 5) is 14.7. The minimum absolute atomic E-state index is 0.109. The van der Waals surface area contributed by atoms with Crippen LogP contribution in [0.25, 0.3) is 0 Å². The molecule has 0 aliphatic carbocycles. The topological polar surface area (TPSA) is 44.4 Å². The van der Waals surface area contributed by atoms with Gasteiger partial charge in [-0.1, -0.05) is 17.7 Å². The second-order valence-corrected chi connectivity index (χ2v) is 7.21. The number of amides is 1. The summed E-state index contributed by atoms with van der Waals surface area (Å²) in [6.07, 6.45) is 2.47. The Morgan fingerprint density at radius 3 is 2.64 bits per heavy atom. The van der Waals surface area contributed by atoms with E-state index in [4.69, 9.17) is 0 Å². The van der Waals surface area contributed by atoms with Crippen LogP contribution in [0.1, 0.15) is 29.5 Å². The van der Waals surface area contributed by atoms with Crippen molar-refractivity contribution in [2.45, 2.75) is 33.6 Å². The number of nitrogens with zero attached hydrogens (tertiary/aromatic N) is 1. The molecule has 0 radical (unpaired) electrons. The molecule has 1 aromatic carbocycles. The fraction of sp³-hybridized carbons (Fsp3) is 0.611. The van der Waals surface area contributed by atoms with Crippen LogP contribution in [-0.2, 0) is 4.79 Å². The van der Waals surface area contributed by atoms with Gasteiger partial charge in [0.25, 0.3) is 0 Å². The van der Waals surface area contributed by atoms with E-state index in [0.29, 0.717) is 12.0 Å². The molecule has 2 fully saturated rings. The Labute approximate surface area is 133 Å². The van der Waals surface area contributed by atoms with E-state index in [-0.39, 0.29) is 5.91 Å². The number of anilines is 1. The monoisotopic (exact) mass is 301 g/mol. The summed E-state index contributed by atoms with van der Waals surface area (Å²) in [5.74, 6) is 0.109. The third kappa shape index (κ3) is 3.18. The molecule has 0 bridgehead atoms. The molecule has 2 aliphatic heterocycles. The van der Waals surface area contributed by atoms with Crippen LogP contribution in [0.5, 0.6) is 0 Å². The van der Waals surface area contributed by atoms with E-state index in [0.717, 1.165) is 43.0 Å². The van der Waals surface area contributed by atoms with Crippen LogP contribution in [0, 0.1) is 26.2 Å². The van der Waals surface area contributed by atoms with Gasteiger partial charge in [0, 0.05) is 18.8 Å². The Bertz CT molecular complexity index is 553. The maximum atomic E-state index is 12.4. The van der Waals surface area contributed by atoms with Crippen molar-refractivity contribution >= 4 is 11.6 Å². The van der Waals surface area contributed by atoms with Gasteiger partial charge in [-0.15, -0.1) is 0 Å². The van der Waals surface area contributed by atoms with Gasteiger partial charge >= 0.3 is 0 Å². The Morgan fingerprint density at radius 2 is 2.00 bits per heavy atom. The second kappa shape index (κ2) is 6.01. The molecule has 1 unspecified atom stereocenters. The highest BCUT2D eigenvalue weighted by molar-refractivity contribution is 5.93. The fourth-order valence-corrected chi connectivity index (χ4v) is 4.07. The summed E-state index contributed by atoms with van der Waals surface area (Å²) < 4.78 is 0. The first kappa shape index (κ1) is 15.5. The van der Waals surface area contributed by atoms with Crippen LogP contribution >= 0.6 is 0 Å². The highest BCUT2D eigenvalue weighted by atomic mass is 16.2. The van der Waals surface area contributed by atoms with E-state index in [2.05, 4.69) is 48.4 Å². The predicted molar refractivity (Wildman–Crippen MR) is 90.3 cm³/mol. The number of likely N-dealkylation sites (tertiary alicyclic amines) is 1. The highest BCUT2D eigenvalue weighted by Gasteiger charge is 2.40. The van der Waals surface area contributed by atoms with Gasteiger partial charge in [0.05, 0.1) is 6.54 Å². The van der Waals surface area contributed by atoms with Crippen molar-refractivity contribution in [3.8, 4) is 0 Å². The lowest BCUT2D eigenvalue weighted by Gasteiger charge is -2.22. The van der Waals surface area contributed by atoms with Gasteiger partial charge in [0.15, 0.2) is 0 Å². The van der Waals surface area contributed by atoms with Gasteiger partial charge in [-0.25, -0.2) is 0 Å². The quantitative estimate of drug-likeness (QED) is 0.900. The number of carbonyl (C=O) groups is 1. The van der Waals surface area contributed by atoms with Crippen LogP contribution in [0.2, 0.25) is 0 Å². The van der Waals surface area contributed by atoms with E-state index in [1.807, 2.05) is 0 Å². The van der Waals surface area contributed by atoms with Crippen LogP contribution in [0.15, 0.2) is 12.1 Å². The smallest absolute Gasteiger partial charge is 0.238 e. The second-order valence-electron chi connectivity index (χ2n) is 7.21. The molecule has 120 valence electrons. The molecular formula is C18H27N3O. The van der Waals surface area contributed by atoms with Crippen LogP contribution in [0.4, 0.5) is 5.69 Å². The molecule has 1 atom stereocenters. The molecular weight excluding hydrogens is 274 g/mol. The van der Waals surface area contributed by atoms with Gasteiger partial charge in [0.1, 0.15) is 0 Å². The molecule has 4 nitrogen and oxygen atoms in total. The lowest BCUT2D eigenvalue weighted by molar-refractivity contribution is -0.117. The molecule has 2 aliphatic rings. The molecule has 2 heterocycles. The molecule has 1 amide bonds. The number of aryl methyl sites for hydroxylation is 3. The normalized spacial score (nSPS) is 25.0. The van der Waals surface area contributed by atoms with Crippen LogP contribution in [-0.4, -0.2) is 43.5 Å². The zero-order valence-corrected chi connectivity index (χ0v) is 14.0. The van der Waals surface area contributed by atoms with Gasteiger partial charge in [0.2, 0.25) is 5.91 Å². The van der Waals surface area contributed by atoms with Crippen molar-refractivity contribution < 1.29 is 4.79 Å². The summed E-state index contributed by atoms with van der Waals surface area (Å²) in [5, 5.41) is 6.58. The predicted octanol–water partition coefficient (Wildman–Crippen LogP) is 2.24. The average Bonchev–Trinajstić information content (AvgIpc) is 3.05. The zero-order valence-electron chi connectivity index (χ0n) is 14.0. The number of hydrogen-bond donors (Lipinski definition) is 2. The van der Waals surface area contributed by atoms with E-state index in [1.165, 1.54) is 18.4 Å². The zero-order chi connectivity index (χ0) is 15.7. The van der Waals surface area contributed by atoms with Gasteiger partial charge in [-0.05, 0) is 63.2 Å². The fourth-order valence-electron chi connectivity index (χ4n) is 4.07. The van der Waals surface area contributed by atoms with Crippen molar-refractivity contribution in [2.24, 2.45) is 5.41 Å². The molecule has 3 rings (SSSR count). The van der Waals surface area contributed by atoms with Crippen molar-refractivity contribution in [3.05, 3.63) is 28.8 Å². The van der Waals surface area contributed by atoms with Gasteiger partial charge in [-0.2, -0.15) is 0 Å². The Morgan fingerprint density at radius 1 is 1.27 bits per heavy atom. The van der Waals surface area contributed by atoms with Gasteiger partial charge in [-0.3, -0.25) is 9.69 Å². The van der Waals surface area contributed by atoms with E-state index >= 15 is 0 Å². The van der Waals surface area contributed by atoms with Gasteiger partial charge < -0.3 is 10.6 Å². The average molecular weight is 301 g/mol. The minimum Gasteiger partial charge on any atom is -0.324 e. The molecule has 0 saturated carbocycles. The Balaban J connectivity index is 1.59. The van der Waals surface area contributed by atoms with Crippen molar-refractivity contribution in [1.29, 1.82) is 0 Å². The molecule has 1 aromatic rings. The number of carbonyl (C=O) groups excluding carboxylic acids is 1. The van der Waals surface area contributed by atoms with E-state index in [1.54, 1.807) is 0 Å². The van der Waals surface area contributed by atoms with E-state index < -0.39 is 0 Å². The lowest BCUT2D eigenvalue weighted by Crippen LogP contribution is -2.34. The Kier molecular flexibility index (Phi) is 4.24. The van der Waals surface area contributed by atoms with Crippen molar-refractivity contribution in [1.82, 2.24) is 10.2 Å². The molecule has 0 aromatic heterocycles. The third-order valence-electron chi connectivity index (χ3n) is 5.16. The summed E-state index contributed by atoms with van der Waals surface area (Å²) in [7, 11) is 0. The van der Waals surface area contributed by atoms with Crippen molar-refractivity contribution in [2.75, 3.05) is 38.0 Å². The molecule has 4 heteroatoms. The summed E-state index contributed by atoms with van der Waals surface area (Å²) in [6, 6.07) is 4.25. The summed E-state index contributed by atoms with van der Waals surface area (Å²) in [5.41, 5.74) is 4.93. The van der Waals surface area contributed by atoms with E-state index in [9.17, 15) is 4.79 Å². The SMILES string of the molecule is Cc1cc(C)c(NC(=O)CN2CCC3(CCNC3)C2)c(C)c1. The summed E-state index contributed by atoms with van der Waals surface area (Å²) >= 11 is 0. The first-order valence-corrected chi connectivity index (χ1v) is 8.28. The lowest BCUT2D eigenvalue weighted by atomic mass is 9.87. The number of nitrogens with one attached hydrogen (secondary N) is 2.